The van der Waals surface area contributed by atoms with E-state index in [0.717, 1.165) is 19.3 Å². The zero-order chi connectivity index (χ0) is 10.6. The molecule has 0 aromatic carbocycles. The number of amides is 1. The normalized spacial score (nSPS) is 17.9. The molecule has 0 radical (unpaired) electrons. The summed E-state index contributed by atoms with van der Waals surface area (Å²) in [5.74, 6) is 0.0934. The highest BCUT2D eigenvalue weighted by molar-refractivity contribution is 5.77. The molecule has 4 heteroatoms. The van der Waals surface area contributed by atoms with E-state index in [4.69, 9.17) is 10.8 Å². The largest absolute Gasteiger partial charge is 0.395 e. The minimum Gasteiger partial charge on any atom is -0.395 e. The van der Waals surface area contributed by atoms with Crippen molar-refractivity contribution in [3.63, 3.8) is 0 Å². The fraction of sp³-hybridized carbons (Fsp3) is 0.900. The van der Waals surface area contributed by atoms with E-state index >= 15 is 0 Å². The molecule has 1 saturated carbocycles. The summed E-state index contributed by atoms with van der Waals surface area (Å²) in [6.45, 7) is 2.48. The lowest BCUT2D eigenvalue weighted by Gasteiger charge is -2.22. The van der Waals surface area contributed by atoms with Crippen LogP contribution in [0.2, 0.25) is 0 Å². The van der Waals surface area contributed by atoms with Gasteiger partial charge < -0.3 is 15.7 Å². The molecule has 1 amide bonds. The molecule has 1 aliphatic rings. The van der Waals surface area contributed by atoms with E-state index in [1.54, 1.807) is 4.90 Å². The predicted molar refractivity (Wildman–Crippen MR) is 54.7 cm³/mol. The van der Waals surface area contributed by atoms with Crippen molar-refractivity contribution in [2.24, 2.45) is 5.73 Å². The van der Waals surface area contributed by atoms with Gasteiger partial charge in [0.1, 0.15) is 0 Å². The molecular weight excluding hydrogens is 180 g/mol. The van der Waals surface area contributed by atoms with E-state index in [-0.39, 0.29) is 18.6 Å². The van der Waals surface area contributed by atoms with Crippen LogP contribution in [0.25, 0.3) is 0 Å². The molecule has 1 atom stereocenters. The van der Waals surface area contributed by atoms with Crippen LogP contribution in [0, 0.1) is 0 Å². The summed E-state index contributed by atoms with van der Waals surface area (Å²) in [7, 11) is 0. The minimum absolute atomic E-state index is 0.0394. The van der Waals surface area contributed by atoms with Crippen molar-refractivity contribution in [3.8, 4) is 0 Å². The third-order valence-electron chi connectivity index (χ3n) is 2.61. The summed E-state index contributed by atoms with van der Waals surface area (Å²) in [6.07, 6.45) is 3.39. The Hall–Kier alpha value is -0.610. The van der Waals surface area contributed by atoms with Gasteiger partial charge in [0.2, 0.25) is 5.91 Å². The summed E-state index contributed by atoms with van der Waals surface area (Å²) in [5.41, 5.74) is 5.72. The summed E-state index contributed by atoms with van der Waals surface area (Å²) in [5, 5.41) is 8.83. The van der Waals surface area contributed by atoms with Gasteiger partial charge in [0, 0.05) is 25.0 Å². The molecule has 1 rings (SSSR count). The highest BCUT2D eigenvalue weighted by Gasteiger charge is 2.32. The quantitative estimate of drug-likeness (QED) is 0.639. The van der Waals surface area contributed by atoms with E-state index in [1.807, 2.05) is 6.92 Å². The van der Waals surface area contributed by atoms with E-state index in [1.165, 1.54) is 0 Å². The second-order valence-electron chi connectivity index (χ2n) is 3.91. The second kappa shape index (κ2) is 5.32. The number of aliphatic hydroxyl groups is 1. The Balaban J connectivity index is 2.37. The van der Waals surface area contributed by atoms with Crippen molar-refractivity contribution in [1.82, 2.24) is 4.90 Å². The van der Waals surface area contributed by atoms with Gasteiger partial charge in [0.25, 0.3) is 0 Å². The molecule has 3 N–H and O–H groups in total. The van der Waals surface area contributed by atoms with Gasteiger partial charge in [-0.25, -0.2) is 0 Å². The number of nitrogens with two attached hydrogens (primary N) is 1. The monoisotopic (exact) mass is 200 g/mol. The summed E-state index contributed by atoms with van der Waals surface area (Å²) >= 11 is 0. The Morgan fingerprint density at radius 1 is 1.64 bits per heavy atom. The van der Waals surface area contributed by atoms with Crippen molar-refractivity contribution >= 4 is 5.91 Å². The molecule has 0 aromatic heterocycles. The summed E-state index contributed by atoms with van der Waals surface area (Å²) in [4.78, 5) is 13.5. The van der Waals surface area contributed by atoms with Crippen LogP contribution >= 0.6 is 0 Å². The average Bonchev–Trinajstić information content (AvgIpc) is 2.97. The molecule has 0 heterocycles. The maximum atomic E-state index is 11.7. The number of rotatable bonds is 6. The topological polar surface area (TPSA) is 66.6 Å². The minimum atomic E-state index is -0.0394. The predicted octanol–water partition coefficient (Wildman–Crippen LogP) is 0.0971. The van der Waals surface area contributed by atoms with Gasteiger partial charge in [0.15, 0.2) is 0 Å². The maximum absolute atomic E-state index is 11.7. The van der Waals surface area contributed by atoms with Gasteiger partial charge in [-0.05, 0) is 19.3 Å². The second-order valence-corrected chi connectivity index (χ2v) is 3.91. The Kier molecular flexibility index (Phi) is 4.35. The van der Waals surface area contributed by atoms with Crippen LogP contribution in [-0.4, -0.2) is 41.1 Å². The van der Waals surface area contributed by atoms with Gasteiger partial charge in [-0.15, -0.1) is 0 Å². The van der Waals surface area contributed by atoms with E-state index in [2.05, 4.69) is 0 Å². The molecule has 1 unspecified atom stereocenters. The Labute approximate surface area is 85.1 Å². The number of carbonyl (C=O) groups excluding carboxylic acids is 1. The number of hydrogen-bond donors (Lipinski definition) is 2. The summed E-state index contributed by atoms with van der Waals surface area (Å²) in [6, 6.07) is 0.334. The third-order valence-corrected chi connectivity index (χ3v) is 2.61. The molecule has 4 nitrogen and oxygen atoms in total. The standard InChI is InChI=1S/C10H20N2O2/c1-2-8(11)7-10(14)12(5-6-13)9-3-4-9/h8-9,13H,2-7,11H2,1H3. The lowest BCUT2D eigenvalue weighted by atomic mass is 10.1. The first-order chi connectivity index (χ1) is 6.69. The first-order valence-corrected chi connectivity index (χ1v) is 5.35. The van der Waals surface area contributed by atoms with Crippen molar-refractivity contribution in [2.45, 2.75) is 44.7 Å². The van der Waals surface area contributed by atoms with Crippen LogP contribution in [-0.2, 0) is 4.79 Å². The van der Waals surface area contributed by atoms with Gasteiger partial charge in [-0.3, -0.25) is 4.79 Å². The lowest BCUT2D eigenvalue weighted by Crippen LogP contribution is -2.38. The number of carbonyl (C=O) groups is 1. The summed E-state index contributed by atoms with van der Waals surface area (Å²) < 4.78 is 0. The van der Waals surface area contributed by atoms with Crippen molar-refractivity contribution in [2.75, 3.05) is 13.2 Å². The lowest BCUT2D eigenvalue weighted by molar-refractivity contribution is -0.132. The molecule has 0 spiro atoms. The van der Waals surface area contributed by atoms with Crippen LogP contribution in [0.15, 0.2) is 0 Å². The van der Waals surface area contributed by atoms with Crippen molar-refractivity contribution in [1.29, 1.82) is 0 Å². The fourth-order valence-corrected chi connectivity index (χ4v) is 1.49. The Morgan fingerprint density at radius 3 is 2.71 bits per heavy atom. The van der Waals surface area contributed by atoms with Crippen LogP contribution in [0.4, 0.5) is 0 Å². The zero-order valence-corrected chi connectivity index (χ0v) is 8.78. The van der Waals surface area contributed by atoms with Crippen LogP contribution < -0.4 is 5.73 Å². The Morgan fingerprint density at radius 2 is 2.29 bits per heavy atom. The molecule has 82 valence electrons. The number of aliphatic hydroxyl groups excluding tert-OH is 1. The smallest absolute Gasteiger partial charge is 0.224 e. The number of hydrogen-bond acceptors (Lipinski definition) is 3. The average molecular weight is 200 g/mol. The molecular formula is C10H20N2O2. The first kappa shape index (κ1) is 11.5. The van der Waals surface area contributed by atoms with Crippen molar-refractivity contribution in [3.05, 3.63) is 0 Å². The van der Waals surface area contributed by atoms with Gasteiger partial charge in [-0.1, -0.05) is 6.92 Å². The van der Waals surface area contributed by atoms with Gasteiger partial charge >= 0.3 is 0 Å². The van der Waals surface area contributed by atoms with Crippen LogP contribution in [0.1, 0.15) is 32.6 Å². The molecule has 14 heavy (non-hydrogen) atoms. The van der Waals surface area contributed by atoms with Crippen LogP contribution in [0.3, 0.4) is 0 Å². The molecule has 0 bridgehead atoms. The zero-order valence-electron chi connectivity index (χ0n) is 8.78. The molecule has 1 aliphatic carbocycles. The highest BCUT2D eigenvalue weighted by atomic mass is 16.3. The molecule has 1 fully saturated rings. The third kappa shape index (κ3) is 3.27. The molecule has 0 saturated heterocycles. The highest BCUT2D eigenvalue weighted by Crippen LogP contribution is 2.27. The number of nitrogens with zero attached hydrogens (tertiary/aromatic N) is 1. The first-order valence-electron chi connectivity index (χ1n) is 5.35. The van der Waals surface area contributed by atoms with Gasteiger partial charge in [-0.2, -0.15) is 0 Å². The van der Waals surface area contributed by atoms with E-state index < -0.39 is 0 Å². The molecule has 0 aromatic rings. The van der Waals surface area contributed by atoms with E-state index in [0.29, 0.717) is 19.0 Å². The maximum Gasteiger partial charge on any atom is 0.224 e. The SMILES string of the molecule is CCC(N)CC(=O)N(CCO)C1CC1. The Bertz CT molecular complexity index is 193. The van der Waals surface area contributed by atoms with E-state index in [9.17, 15) is 4.79 Å². The van der Waals surface area contributed by atoms with Crippen molar-refractivity contribution < 1.29 is 9.90 Å². The fourth-order valence-electron chi connectivity index (χ4n) is 1.49. The van der Waals surface area contributed by atoms with Gasteiger partial charge in [0.05, 0.1) is 6.61 Å². The molecule has 0 aliphatic heterocycles. The van der Waals surface area contributed by atoms with Crippen LogP contribution in [0.5, 0.6) is 0 Å².